The third kappa shape index (κ3) is 8.76. The normalized spacial score (nSPS) is 12.3. The lowest BCUT2D eigenvalue weighted by molar-refractivity contribution is -0.143. The van der Waals surface area contributed by atoms with Gasteiger partial charge in [-0.15, -0.1) is 0 Å². The van der Waals surface area contributed by atoms with E-state index in [-0.39, 0.29) is 0 Å². The molecule has 0 heterocycles. The van der Waals surface area contributed by atoms with Crippen LogP contribution in [0.4, 0.5) is 0 Å². The van der Waals surface area contributed by atoms with Crippen LogP contribution >= 0.6 is 0 Å². The van der Waals surface area contributed by atoms with Crippen molar-refractivity contribution in [2.24, 2.45) is 11.5 Å². The molecule has 1 aromatic rings. The lowest BCUT2D eigenvalue weighted by atomic mass is 10.1. The summed E-state index contributed by atoms with van der Waals surface area (Å²) >= 11 is 0. The molecule has 11 nitrogen and oxygen atoms in total. The van der Waals surface area contributed by atoms with Gasteiger partial charge in [0.1, 0.15) is 6.04 Å². The van der Waals surface area contributed by atoms with Crippen molar-refractivity contribution < 1.29 is 29.1 Å². The van der Waals surface area contributed by atoms with E-state index in [0.29, 0.717) is 6.42 Å². The van der Waals surface area contributed by atoms with E-state index >= 15 is 0 Å². The van der Waals surface area contributed by atoms with Gasteiger partial charge in [-0.2, -0.15) is 0 Å². The number of carboxylic acids is 1. The number of nitrogens with one attached hydrogen (secondary N) is 3. The smallest absolute Gasteiger partial charge is 0.326 e. The third-order valence-electron chi connectivity index (χ3n) is 3.54. The lowest BCUT2D eigenvalue weighted by Crippen LogP contribution is -2.49. The number of aliphatic carboxylic acids is 1. The van der Waals surface area contributed by atoms with Crippen molar-refractivity contribution in [1.82, 2.24) is 16.0 Å². The molecule has 152 valence electrons. The van der Waals surface area contributed by atoms with E-state index in [1.54, 1.807) is 0 Å². The van der Waals surface area contributed by atoms with Crippen molar-refractivity contribution in [2.45, 2.75) is 24.9 Å². The number of primary amides is 1. The van der Waals surface area contributed by atoms with Gasteiger partial charge < -0.3 is 32.5 Å². The van der Waals surface area contributed by atoms with E-state index in [0.717, 1.165) is 5.56 Å². The van der Waals surface area contributed by atoms with Gasteiger partial charge in [-0.05, 0) is 12.0 Å². The Balaban J connectivity index is 2.33. The molecule has 11 heteroatoms. The summed E-state index contributed by atoms with van der Waals surface area (Å²) in [6, 6.07) is 6.78. The molecule has 4 amide bonds. The Morgan fingerprint density at radius 2 is 1.57 bits per heavy atom. The summed E-state index contributed by atoms with van der Waals surface area (Å²) < 4.78 is 0. The molecule has 28 heavy (non-hydrogen) atoms. The highest BCUT2D eigenvalue weighted by Crippen LogP contribution is 2.01. The van der Waals surface area contributed by atoms with Crippen molar-refractivity contribution in [3.8, 4) is 0 Å². The summed E-state index contributed by atoms with van der Waals surface area (Å²) in [4.78, 5) is 56.9. The number of hydrogen-bond acceptors (Lipinski definition) is 6. The highest BCUT2D eigenvalue weighted by atomic mass is 16.4. The molecule has 0 bridgehead atoms. The average molecular weight is 393 g/mol. The second kappa shape index (κ2) is 11.3. The standard InChI is InChI=1S/C17H23N5O6/c18-11(6-10-4-2-1-3-5-10)16(26)21-8-14(24)20-9-15(25)22-12(17(27)28)7-13(19)23/h1-5,11-12H,6-9,18H2,(H2,19,23)(H,20,24)(H,21,26)(H,22,25)(H,27,28). The zero-order chi connectivity index (χ0) is 21.1. The zero-order valence-electron chi connectivity index (χ0n) is 15.0. The number of nitrogens with two attached hydrogens (primary N) is 2. The fraction of sp³-hybridized carbons (Fsp3) is 0.353. The predicted molar refractivity (Wildman–Crippen MR) is 97.5 cm³/mol. The second-order valence-corrected chi connectivity index (χ2v) is 5.92. The summed E-state index contributed by atoms with van der Waals surface area (Å²) in [6.45, 7) is -0.939. The van der Waals surface area contributed by atoms with E-state index in [1.807, 2.05) is 30.3 Å². The number of carboxylic acid groups (broad SMARTS) is 1. The van der Waals surface area contributed by atoms with Crippen molar-refractivity contribution in [1.29, 1.82) is 0 Å². The van der Waals surface area contributed by atoms with E-state index in [1.165, 1.54) is 0 Å². The molecule has 8 N–H and O–H groups in total. The first-order valence-corrected chi connectivity index (χ1v) is 8.33. The number of rotatable bonds is 11. The summed E-state index contributed by atoms with van der Waals surface area (Å²) in [7, 11) is 0. The van der Waals surface area contributed by atoms with E-state index in [2.05, 4.69) is 16.0 Å². The molecule has 0 saturated carbocycles. The fourth-order valence-corrected chi connectivity index (χ4v) is 2.15. The van der Waals surface area contributed by atoms with Crippen LogP contribution in [-0.2, 0) is 30.4 Å². The Bertz CT molecular complexity index is 724. The monoisotopic (exact) mass is 393 g/mol. The van der Waals surface area contributed by atoms with Crippen LogP contribution in [0.25, 0.3) is 0 Å². The zero-order valence-corrected chi connectivity index (χ0v) is 15.0. The van der Waals surface area contributed by atoms with Crippen LogP contribution < -0.4 is 27.4 Å². The maximum Gasteiger partial charge on any atom is 0.326 e. The first kappa shape index (κ1) is 22.6. The van der Waals surface area contributed by atoms with Gasteiger partial charge in [0.25, 0.3) is 0 Å². The highest BCUT2D eigenvalue weighted by molar-refractivity contribution is 5.92. The Labute approximate surface area is 160 Å². The summed E-state index contributed by atoms with van der Waals surface area (Å²) in [5, 5.41) is 15.5. The van der Waals surface area contributed by atoms with E-state index in [4.69, 9.17) is 16.6 Å². The third-order valence-corrected chi connectivity index (χ3v) is 3.54. The molecule has 1 rings (SSSR count). The Hall–Kier alpha value is -3.47. The molecule has 0 radical (unpaired) electrons. The molecule has 0 aliphatic carbocycles. The van der Waals surface area contributed by atoms with Crippen LogP contribution in [0.3, 0.4) is 0 Å². The first-order chi connectivity index (χ1) is 13.2. The number of carbonyl (C=O) groups excluding carboxylic acids is 4. The van der Waals surface area contributed by atoms with Crippen LogP contribution in [0, 0.1) is 0 Å². The fourth-order valence-electron chi connectivity index (χ4n) is 2.15. The van der Waals surface area contributed by atoms with Crippen LogP contribution in [0.5, 0.6) is 0 Å². The number of hydrogen-bond donors (Lipinski definition) is 6. The molecule has 0 spiro atoms. The molecule has 0 saturated heterocycles. The van der Waals surface area contributed by atoms with Crippen LogP contribution in [-0.4, -0.2) is 59.9 Å². The quantitative estimate of drug-likeness (QED) is 0.234. The predicted octanol–water partition coefficient (Wildman–Crippen LogP) is -2.77. The first-order valence-electron chi connectivity index (χ1n) is 8.33. The van der Waals surface area contributed by atoms with Crippen molar-refractivity contribution in [3.63, 3.8) is 0 Å². The summed E-state index contributed by atoms with van der Waals surface area (Å²) in [5.74, 6) is -4.36. The molecule has 0 aromatic heterocycles. The molecular formula is C17H23N5O6. The van der Waals surface area contributed by atoms with Gasteiger partial charge in [-0.1, -0.05) is 30.3 Å². The second-order valence-electron chi connectivity index (χ2n) is 5.92. The van der Waals surface area contributed by atoms with Gasteiger partial charge >= 0.3 is 5.97 Å². The molecule has 2 unspecified atom stereocenters. The average Bonchev–Trinajstić information content (AvgIpc) is 2.64. The van der Waals surface area contributed by atoms with Crippen molar-refractivity contribution in [2.75, 3.05) is 13.1 Å². The maximum absolute atomic E-state index is 11.9. The maximum atomic E-state index is 11.9. The van der Waals surface area contributed by atoms with E-state index in [9.17, 15) is 24.0 Å². The Morgan fingerprint density at radius 1 is 0.964 bits per heavy atom. The minimum Gasteiger partial charge on any atom is -0.480 e. The van der Waals surface area contributed by atoms with Gasteiger partial charge in [0.05, 0.1) is 25.6 Å². The van der Waals surface area contributed by atoms with Crippen molar-refractivity contribution >= 4 is 29.6 Å². The number of carbonyl (C=O) groups is 5. The van der Waals surface area contributed by atoms with E-state index < -0.39 is 61.2 Å². The SMILES string of the molecule is NC(=O)CC(NC(=O)CNC(=O)CNC(=O)C(N)Cc1ccccc1)C(=O)O. The van der Waals surface area contributed by atoms with Crippen LogP contribution in [0.2, 0.25) is 0 Å². The van der Waals surface area contributed by atoms with Gasteiger partial charge in [0.2, 0.25) is 23.6 Å². The number of benzene rings is 1. The Kier molecular flexibility index (Phi) is 9.10. The van der Waals surface area contributed by atoms with Gasteiger partial charge in [-0.3, -0.25) is 19.2 Å². The molecule has 1 aromatic carbocycles. The summed E-state index contributed by atoms with van der Waals surface area (Å²) in [6.07, 6.45) is -0.280. The lowest BCUT2D eigenvalue weighted by Gasteiger charge is -2.14. The molecule has 0 aliphatic rings. The largest absolute Gasteiger partial charge is 0.480 e. The molecule has 0 aliphatic heterocycles. The summed E-state index contributed by atoms with van der Waals surface area (Å²) in [5.41, 5.74) is 11.5. The minimum atomic E-state index is -1.49. The van der Waals surface area contributed by atoms with Crippen LogP contribution in [0.1, 0.15) is 12.0 Å². The molecule has 0 fully saturated rings. The van der Waals surface area contributed by atoms with Crippen molar-refractivity contribution in [3.05, 3.63) is 35.9 Å². The molecular weight excluding hydrogens is 370 g/mol. The van der Waals surface area contributed by atoms with Crippen LogP contribution in [0.15, 0.2) is 30.3 Å². The Morgan fingerprint density at radius 3 is 2.14 bits per heavy atom. The van der Waals surface area contributed by atoms with Gasteiger partial charge in [-0.25, -0.2) is 4.79 Å². The van der Waals surface area contributed by atoms with Gasteiger partial charge in [0, 0.05) is 0 Å². The topological polar surface area (TPSA) is 194 Å². The van der Waals surface area contributed by atoms with Gasteiger partial charge in [0.15, 0.2) is 0 Å². The number of amides is 4. The minimum absolute atomic E-state index is 0.299. The molecule has 2 atom stereocenters. The highest BCUT2D eigenvalue weighted by Gasteiger charge is 2.22.